The second-order valence-corrected chi connectivity index (χ2v) is 8.66. The number of aryl methyl sites for hydroxylation is 1. The smallest absolute Gasteiger partial charge is 0.222 e. The van der Waals surface area contributed by atoms with Crippen molar-refractivity contribution in [3.8, 4) is 23.0 Å². The van der Waals surface area contributed by atoms with Gasteiger partial charge in [-0.2, -0.15) is 0 Å². The van der Waals surface area contributed by atoms with Gasteiger partial charge in [0.2, 0.25) is 11.7 Å². The van der Waals surface area contributed by atoms with Gasteiger partial charge in [0.05, 0.1) is 32.8 Å². The normalized spacial score (nSPS) is 16.7. The predicted octanol–water partition coefficient (Wildman–Crippen LogP) is 4.20. The minimum atomic E-state index is -0.617. The Kier molecular flexibility index (Phi) is 6.77. The number of hydrogen-bond acceptors (Lipinski definition) is 6. The number of likely N-dealkylation sites (tertiary alicyclic amines) is 1. The van der Waals surface area contributed by atoms with Crippen molar-refractivity contribution in [2.75, 3.05) is 33.9 Å². The van der Waals surface area contributed by atoms with Gasteiger partial charge >= 0.3 is 0 Å². The van der Waals surface area contributed by atoms with Crippen LogP contribution in [0.2, 0.25) is 0 Å². The summed E-state index contributed by atoms with van der Waals surface area (Å²) in [5.74, 6) is 2.42. The molecule has 2 aromatic carbocycles. The molecule has 2 heterocycles. The minimum absolute atomic E-state index is 0.0327. The highest BCUT2D eigenvalue weighted by atomic mass is 16.5. The van der Waals surface area contributed by atoms with Crippen LogP contribution in [0.1, 0.15) is 48.0 Å². The molecule has 0 aliphatic carbocycles. The summed E-state index contributed by atoms with van der Waals surface area (Å²) >= 11 is 0. The molecule has 1 fully saturated rings. The number of benzene rings is 2. The van der Waals surface area contributed by atoms with Crippen molar-refractivity contribution in [1.29, 1.82) is 0 Å². The Labute approximate surface area is 194 Å². The Bertz CT molecular complexity index is 1030. The number of nitrogens with zero attached hydrogens (tertiary/aromatic N) is 1. The van der Waals surface area contributed by atoms with Crippen molar-refractivity contribution in [3.63, 3.8) is 0 Å². The van der Waals surface area contributed by atoms with Crippen LogP contribution in [-0.4, -0.2) is 56.1 Å². The van der Waals surface area contributed by atoms with Crippen LogP contribution in [0.3, 0.4) is 0 Å². The van der Waals surface area contributed by atoms with Gasteiger partial charge in [0, 0.05) is 32.4 Å². The minimum Gasteiger partial charge on any atom is -0.493 e. The fraction of sp³-hybridized carbons (Fsp3) is 0.462. The highest BCUT2D eigenvalue weighted by Gasteiger charge is 2.45. The summed E-state index contributed by atoms with van der Waals surface area (Å²) in [6.45, 7) is 3.63. The number of ketones is 1. The van der Waals surface area contributed by atoms with Crippen molar-refractivity contribution >= 4 is 11.7 Å². The number of carbonyl (C=O) groups is 2. The average Bonchev–Trinajstić information content (AvgIpc) is 2.82. The third-order valence-corrected chi connectivity index (χ3v) is 6.52. The summed E-state index contributed by atoms with van der Waals surface area (Å²) in [6.07, 6.45) is 2.61. The zero-order chi connectivity index (χ0) is 23.4. The van der Waals surface area contributed by atoms with E-state index in [1.165, 1.54) is 7.11 Å². The highest BCUT2D eigenvalue weighted by Crippen LogP contribution is 2.47. The molecular formula is C26H31NO6. The van der Waals surface area contributed by atoms with Crippen molar-refractivity contribution in [3.05, 3.63) is 47.5 Å². The van der Waals surface area contributed by atoms with E-state index in [9.17, 15) is 9.59 Å². The summed E-state index contributed by atoms with van der Waals surface area (Å²) in [5, 5.41) is 0. The van der Waals surface area contributed by atoms with E-state index in [0.29, 0.717) is 74.6 Å². The number of carbonyl (C=O) groups excluding carboxylic acids is 2. The Balaban J connectivity index is 1.32. The van der Waals surface area contributed by atoms with Gasteiger partial charge in [0.15, 0.2) is 17.3 Å². The lowest BCUT2D eigenvalue weighted by molar-refractivity contribution is -0.135. The molecule has 1 amide bonds. The predicted molar refractivity (Wildman–Crippen MR) is 124 cm³/mol. The molecule has 0 aromatic heterocycles. The summed E-state index contributed by atoms with van der Waals surface area (Å²) in [7, 11) is 3.10. The molecule has 2 aromatic rings. The lowest BCUT2D eigenvalue weighted by Gasteiger charge is -2.44. The first-order chi connectivity index (χ1) is 16.0. The SMILES string of the molecule is COc1ccc2c(c1OC)OC1(CCN(C(=O)CCCOc3ccccc3C)CC1)CC2=O. The van der Waals surface area contributed by atoms with E-state index in [1.807, 2.05) is 36.1 Å². The number of ether oxygens (including phenoxy) is 4. The summed E-state index contributed by atoms with van der Waals surface area (Å²) in [5.41, 5.74) is 0.988. The maximum Gasteiger partial charge on any atom is 0.222 e. The Morgan fingerprint density at radius 3 is 2.52 bits per heavy atom. The number of para-hydroxylation sites is 1. The van der Waals surface area contributed by atoms with Gasteiger partial charge in [0.25, 0.3) is 0 Å². The van der Waals surface area contributed by atoms with Crippen LogP contribution >= 0.6 is 0 Å². The molecule has 7 nitrogen and oxygen atoms in total. The van der Waals surface area contributed by atoms with Crippen molar-refractivity contribution < 1.29 is 28.5 Å². The van der Waals surface area contributed by atoms with E-state index in [0.717, 1.165) is 11.3 Å². The first-order valence-corrected chi connectivity index (χ1v) is 11.4. The standard InChI is InChI=1S/C26H31NO6/c1-18-7-4-5-8-21(18)32-16-6-9-23(29)27-14-12-26(13-15-27)17-20(28)19-10-11-22(30-2)25(31-3)24(19)33-26/h4-5,7-8,10-11H,6,9,12-17H2,1-3H3. The van der Waals surface area contributed by atoms with E-state index in [1.54, 1.807) is 19.2 Å². The molecule has 0 saturated carbocycles. The van der Waals surface area contributed by atoms with E-state index in [2.05, 4.69) is 0 Å². The van der Waals surface area contributed by atoms with Gasteiger partial charge < -0.3 is 23.8 Å². The first kappa shape index (κ1) is 23.0. The fourth-order valence-electron chi connectivity index (χ4n) is 4.58. The molecule has 2 aliphatic heterocycles. The van der Waals surface area contributed by atoms with Crippen LogP contribution in [0.15, 0.2) is 36.4 Å². The van der Waals surface area contributed by atoms with E-state index in [-0.39, 0.29) is 11.7 Å². The molecular weight excluding hydrogens is 422 g/mol. The Hall–Kier alpha value is -3.22. The third-order valence-electron chi connectivity index (χ3n) is 6.52. The molecule has 0 unspecified atom stereocenters. The van der Waals surface area contributed by atoms with Gasteiger partial charge in [-0.25, -0.2) is 0 Å². The summed E-state index contributed by atoms with van der Waals surface area (Å²) in [6, 6.07) is 11.3. The second-order valence-electron chi connectivity index (χ2n) is 8.66. The van der Waals surface area contributed by atoms with Crippen molar-refractivity contribution in [1.82, 2.24) is 4.90 Å². The van der Waals surface area contributed by atoms with Gasteiger partial charge in [-0.15, -0.1) is 0 Å². The molecule has 0 atom stereocenters. The largest absolute Gasteiger partial charge is 0.493 e. The molecule has 0 radical (unpaired) electrons. The summed E-state index contributed by atoms with van der Waals surface area (Å²) in [4.78, 5) is 27.5. The second kappa shape index (κ2) is 9.73. The number of fused-ring (bicyclic) bond motifs is 1. The maximum atomic E-state index is 12.9. The van der Waals surface area contributed by atoms with Gasteiger partial charge in [-0.1, -0.05) is 18.2 Å². The van der Waals surface area contributed by atoms with Crippen LogP contribution in [0.25, 0.3) is 0 Å². The number of amides is 1. The Morgan fingerprint density at radius 1 is 1.06 bits per heavy atom. The van der Waals surface area contributed by atoms with Gasteiger partial charge in [0.1, 0.15) is 11.4 Å². The molecule has 2 aliphatic rings. The monoisotopic (exact) mass is 453 g/mol. The molecule has 4 rings (SSSR count). The van der Waals surface area contributed by atoms with Crippen LogP contribution in [0.4, 0.5) is 0 Å². The fourth-order valence-corrected chi connectivity index (χ4v) is 4.58. The van der Waals surface area contributed by atoms with E-state index >= 15 is 0 Å². The van der Waals surface area contributed by atoms with Crippen molar-refractivity contribution in [2.24, 2.45) is 0 Å². The zero-order valence-electron chi connectivity index (χ0n) is 19.5. The van der Waals surface area contributed by atoms with Crippen LogP contribution in [0, 0.1) is 6.92 Å². The number of rotatable bonds is 7. The quantitative estimate of drug-likeness (QED) is 0.585. The van der Waals surface area contributed by atoms with Gasteiger partial charge in [-0.3, -0.25) is 9.59 Å². The first-order valence-electron chi connectivity index (χ1n) is 11.4. The molecule has 33 heavy (non-hydrogen) atoms. The maximum absolute atomic E-state index is 12.9. The van der Waals surface area contributed by atoms with Crippen LogP contribution in [-0.2, 0) is 4.79 Å². The lowest BCUT2D eigenvalue weighted by Crippen LogP contribution is -2.52. The van der Waals surface area contributed by atoms with E-state index in [4.69, 9.17) is 18.9 Å². The van der Waals surface area contributed by atoms with E-state index < -0.39 is 5.60 Å². The molecule has 1 spiro atoms. The van der Waals surface area contributed by atoms with Crippen LogP contribution < -0.4 is 18.9 Å². The number of hydrogen-bond donors (Lipinski definition) is 0. The third kappa shape index (κ3) is 4.77. The van der Waals surface area contributed by atoms with Crippen LogP contribution in [0.5, 0.6) is 23.0 Å². The lowest BCUT2D eigenvalue weighted by atomic mass is 9.82. The summed E-state index contributed by atoms with van der Waals surface area (Å²) < 4.78 is 23.1. The van der Waals surface area contributed by atoms with Gasteiger partial charge in [-0.05, 0) is 37.1 Å². The topological polar surface area (TPSA) is 74.3 Å². The average molecular weight is 454 g/mol. The molecule has 0 N–H and O–H groups in total. The number of methoxy groups -OCH3 is 2. The number of piperidine rings is 1. The van der Waals surface area contributed by atoms with Crippen molar-refractivity contribution in [2.45, 2.75) is 44.6 Å². The Morgan fingerprint density at radius 2 is 1.82 bits per heavy atom. The molecule has 7 heteroatoms. The highest BCUT2D eigenvalue weighted by molar-refractivity contribution is 6.01. The molecule has 0 bridgehead atoms. The molecule has 176 valence electrons. The zero-order valence-corrected chi connectivity index (χ0v) is 19.5. The molecule has 1 saturated heterocycles. The number of Topliss-reactive ketones (excluding diaryl/α,β-unsaturated/α-hetero) is 1.